The first-order chi connectivity index (χ1) is 12.4. The standard InChI is InChI=1S/C16H19N3O6S/c1-8(9-5-10(23-2)14(25-4)11(6-9)24-3)18-19-16-17-15(22)12(26-16)7-13(20)21/h5-6,12H,7H2,1-4H3,(H,20,21)(H,17,19,22)/p-1/b18-8-/t12-/m0/s1. The van der Waals surface area contributed by atoms with Gasteiger partial charge in [0.25, 0.3) is 0 Å². The molecule has 0 aromatic heterocycles. The summed E-state index contributed by atoms with van der Waals surface area (Å²) >= 11 is 0.998. The molecule has 1 heterocycles. The summed E-state index contributed by atoms with van der Waals surface area (Å²) in [7, 11) is 4.53. The summed E-state index contributed by atoms with van der Waals surface area (Å²) in [5.74, 6) is -0.320. The molecule has 1 fully saturated rings. The van der Waals surface area contributed by atoms with Crippen LogP contribution in [0, 0.1) is 0 Å². The second-order valence-electron chi connectivity index (χ2n) is 5.18. The van der Waals surface area contributed by atoms with Crippen LogP contribution in [0.3, 0.4) is 0 Å². The molecule has 1 atom stereocenters. The first kappa shape index (κ1) is 19.6. The zero-order valence-electron chi connectivity index (χ0n) is 14.7. The minimum absolute atomic E-state index is 0.230. The van der Waals surface area contributed by atoms with Gasteiger partial charge in [0.1, 0.15) is 0 Å². The van der Waals surface area contributed by atoms with Crippen molar-refractivity contribution < 1.29 is 28.9 Å². The van der Waals surface area contributed by atoms with Crippen molar-refractivity contribution in [1.82, 2.24) is 5.32 Å². The Bertz CT molecular complexity index is 752. The molecule has 26 heavy (non-hydrogen) atoms. The second-order valence-corrected chi connectivity index (χ2v) is 6.37. The molecular formula is C16H18N3O6S-. The third kappa shape index (κ3) is 4.45. The van der Waals surface area contributed by atoms with Crippen LogP contribution < -0.4 is 24.6 Å². The Hall–Kier alpha value is -2.75. The number of rotatable bonds is 7. The summed E-state index contributed by atoms with van der Waals surface area (Å²) in [6.07, 6.45) is -0.384. The number of nitrogens with one attached hydrogen (secondary N) is 1. The summed E-state index contributed by atoms with van der Waals surface area (Å²) in [6, 6.07) is 3.44. The van der Waals surface area contributed by atoms with Crippen molar-refractivity contribution in [1.29, 1.82) is 0 Å². The molecule has 140 valence electrons. The molecule has 2 rings (SSSR count). The number of carboxylic acids is 1. The number of amides is 1. The van der Waals surface area contributed by atoms with E-state index >= 15 is 0 Å². The molecule has 1 aromatic carbocycles. The van der Waals surface area contributed by atoms with E-state index in [0.717, 1.165) is 11.8 Å². The average molecular weight is 380 g/mol. The van der Waals surface area contributed by atoms with Gasteiger partial charge in [0.2, 0.25) is 11.7 Å². The Morgan fingerprint density at radius 2 is 1.85 bits per heavy atom. The SMILES string of the molecule is COc1cc(/C(C)=N\N=C2\NC(=O)[C@H](CC(=O)[O-])S2)cc(OC)c1OC. The van der Waals surface area contributed by atoms with E-state index in [4.69, 9.17) is 14.2 Å². The van der Waals surface area contributed by atoms with Gasteiger partial charge in [-0.2, -0.15) is 5.10 Å². The zero-order chi connectivity index (χ0) is 19.3. The van der Waals surface area contributed by atoms with Crippen molar-refractivity contribution in [2.75, 3.05) is 21.3 Å². The molecule has 1 aliphatic heterocycles. The number of aliphatic carboxylic acids is 1. The number of hydrogen-bond acceptors (Lipinski definition) is 9. The Kier molecular flexibility index (Phi) is 6.45. The molecule has 0 spiro atoms. The van der Waals surface area contributed by atoms with E-state index < -0.39 is 17.1 Å². The van der Waals surface area contributed by atoms with Crippen LogP contribution in [-0.2, 0) is 9.59 Å². The molecule has 1 aromatic rings. The van der Waals surface area contributed by atoms with Gasteiger partial charge in [-0.05, 0) is 19.1 Å². The number of carbonyl (C=O) groups excluding carboxylic acids is 2. The highest BCUT2D eigenvalue weighted by atomic mass is 32.2. The van der Waals surface area contributed by atoms with Gasteiger partial charge in [0.15, 0.2) is 16.7 Å². The van der Waals surface area contributed by atoms with Crippen LogP contribution in [-0.4, -0.2) is 49.3 Å². The Morgan fingerprint density at radius 3 is 2.35 bits per heavy atom. The number of benzene rings is 1. The largest absolute Gasteiger partial charge is 0.550 e. The summed E-state index contributed by atoms with van der Waals surface area (Å²) in [4.78, 5) is 22.3. The predicted molar refractivity (Wildman–Crippen MR) is 94.9 cm³/mol. The highest BCUT2D eigenvalue weighted by Gasteiger charge is 2.30. The predicted octanol–water partition coefficient (Wildman–Crippen LogP) is 0.164. The highest BCUT2D eigenvalue weighted by molar-refractivity contribution is 8.15. The number of carboxylic acid groups (broad SMARTS) is 1. The van der Waals surface area contributed by atoms with Crippen LogP contribution in [0.15, 0.2) is 22.3 Å². The normalized spacial score (nSPS) is 18.6. The Morgan fingerprint density at radius 1 is 1.23 bits per heavy atom. The van der Waals surface area contributed by atoms with Crippen molar-refractivity contribution in [3.8, 4) is 17.2 Å². The molecule has 10 heteroatoms. The van der Waals surface area contributed by atoms with Crippen LogP contribution in [0.25, 0.3) is 0 Å². The fraction of sp³-hybridized carbons (Fsp3) is 0.375. The third-order valence-electron chi connectivity index (χ3n) is 3.50. The zero-order valence-corrected chi connectivity index (χ0v) is 15.5. The monoisotopic (exact) mass is 380 g/mol. The Balaban J connectivity index is 2.25. The van der Waals surface area contributed by atoms with Gasteiger partial charge < -0.3 is 29.4 Å². The van der Waals surface area contributed by atoms with Crippen molar-refractivity contribution in [2.24, 2.45) is 10.2 Å². The first-order valence-corrected chi connectivity index (χ1v) is 8.37. The van der Waals surface area contributed by atoms with Crippen LogP contribution in [0.1, 0.15) is 18.9 Å². The van der Waals surface area contributed by atoms with Gasteiger partial charge in [-0.15, -0.1) is 5.10 Å². The molecule has 1 N–H and O–H groups in total. The molecule has 1 aliphatic rings. The third-order valence-corrected chi connectivity index (χ3v) is 4.57. The molecule has 1 saturated heterocycles. The van der Waals surface area contributed by atoms with E-state index in [0.29, 0.717) is 28.5 Å². The van der Waals surface area contributed by atoms with E-state index in [1.807, 2.05) is 0 Å². The lowest BCUT2D eigenvalue weighted by atomic mass is 10.1. The van der Waals surface area contributed by atoms with Crippen molar-refractivity contribution >= 4 is 34.5 Å². The molecule has 0 radical (unpaired) electrons. The average Bonchev–Trinajstić information content (AvgIpc) is 2.97. The maximum atomic E-state index is 11.7. The smallest absolute Gasteiger partial charge is 0.239 e. The number of thioether (sulfide) groups is 1. The summed E-state index contributed by atoms with van der Waals surface area (Å²) < 4.78 is 15.9. The van der Waals surface area contributed by atoms with E-state index in [1.165, 1.54) is 21.3 Å². The summed E-state index contributed by atoms with van der Waals surface area (Å²) in [5, 5.41) is 20.6. The van der Waals surface area contributed by atoms with Crippen molar-refractivity contribution in [3.05, 3.63) is 17.7 Å². The van der Waals surface area contributed by atoms with E-state index in [9.17, 15) is 14.7 Å². The number of nitrogens with zero attached hydrogens (tertiary/aromatic N) is 2. The summed E-state index contributed by atoms with van der Waals surface area (Å²) in [6.45, 7) is 1.73. The van der Waals surface area contributed by atoms with Gasteiger partial charge >= 0.3 is 0 Å². The summed E-state index contributed by atoms with van der Waals surface area (Å²) in [5.41, 5.74) is 1.22. The lowest BCUT2D eigenvalue weighted by Crippen LogP contribution is -2.31. The van der Waals surface area contributed by atoms with Gasteiger partial charge in [0, 0.05) is 18.0 Å². The fourth-order valence-corrected chi connectivity index (χ4v) is 3.11. The van der Waals surface area contributed by atoms with Gasteiger partial charge in [-0.1, -0.05) is 11.8 Å². The first-order valence-electron chi connectivity index (χ1n) is 7.49. The minimum Gasteiger partial charge on any atom is -0.550 e. The van der Waals surface area contributed by atoms with Crippen LogP contribution >= 0.6 is 11.8 Å². The maximum absolute atomic E-state index is 11.7. The van der Waals surface area contributed by atoms with E-state index in [2.05, 4.69) is 15.5 Å². The van der Waals surface area contributed by atoms with Gasteiger partial charge in [-0.25, -0.2) is 0 Å². The van der Waals surface area contributed by atoms with E-state index in [-0.39, 0.29) is 11.6 Å². The lowest BCUT2D eigenvalue weighted by molar-refractivity contribution is -0.305. The van der Waals surface area contributed by atoms with Crippen LogP contribution in [0.4, 0.5) is 0 Å². The molecule has 0 unspecified atom stereocenters. The number of carbonyl (C=O) groups is 2. The molecule has 1 amide bonds. The molecule has 0 bridgehead atoms. The second kappa shape index (κ2) is 8.56. The topological polar surface area (TPSA) is 122 Å². The Labute approximate surface area is 154 Å². The van der Waals surface area contributed by atoms with Crippen molar-refractivity contribution in [2.45, 2.75) is 18.6 Å². The lowest BCUT2D eigenvalue weighted by Gasteiger charge is -2.13. The number of ether oxygens (including phenoxy) is 3. The number of methoxy groups -OCH3 is 3. The van der Waals surface area contributed by atoms with Crippen LogP contribution in [0.5, 0.6) is 17.2 Å². The van der Waals surface area contributed by atoms with E-state index in [1.54, 1.807) is 19.1 Å². The molecule has 0 saturated carbocycles. The maximum Gasteiger partial charge on any atom is 0.239 e. The molecular weight excluding hydrogens is 362 g/mol. The number of hydrogen-bond donors (Lipinski definition) is 1. The quantitative estimate of drug-likeness (QED) is 0.528. The minimum atomic E-state index is -1.30. The van der Waals surface area contributed by atoms with Gasteiger partial charge in [0.05, 0.1) is 32.3 Å². The molecule has 0 aliphatic carbocycles. The highest BCUT2D eigenvalue weighted by Crippen LogP contribution is 2.38. The molecule has 9 nitrogen and oxygen atoms in total. The number of amidine groups is 1. The van der Waals surface area contributed by atoms with Crippen LogP contribution in [0.2, 0.25) is 0 Å². The van der Waals surface area contributed by atoms with Gasteiger partial charge in [-0.3, -0.25) is 4.79 Å². The fourth-order valence-electron chi connectivity index (χ4n) is 2.21. The van der Waals surface area contributed by atoms with Crippen molar-refractivity contribution in [3.63, 3.8) is 0 Å².